The Morgan fingerprint density at radius 2 is 1.62 bits per heavy atom. The van der Waals surface area contributed by atoms with E-state index in [0.717, 1.165) is 25.7 Å². The molecule has 16 heavy (non-hydrogen) atoms. The molecule has 3 rings (SSSR count). The van der Waals surface area contributed by atoms with Crippen molar-refractivity contribution < 1.29 is 9.47 Å². The highest BCUT2D eigenvalue weighted by Gasteiger charge is 2.37. The predicted molar refractivity (Wildman–Crippen MR) is 65.1 cm³/mol. The summed E-state index contributed by atoms with van der Waals surface area (Å²) >= 11 is 12.4. The van der Waals surface area contributed by atoms with Gasteiger partial charge in [0, 0.05) is 6.42 Å². The Morgan fingerprint density at radius 3 is 2.06 bits per heavy atom. The molecular formula is C12H18Cl2O2. The van der Waals surface area contributed by atoms with Gasteiger partial charge in [-0.05, 0) is 32.1 Å². The highest BCUT2D eigenvalue weighted by molar-refractivity contribution is 6.48. The maximum Gasteiger partial charge on any atom is 0.227 e. The standard InChI is InChI=1S/C12H18Cl2O2/c1-2-7-12(13,14)8-11-15-9-3-4-10(16-11)6-5-9/h9-10H,1-8H2. The first kappa shape index (κ1) is 12.9. The molecule has 2 saturated heterocycles. The first-order valence-corrected chi connectivity index (χ1v) is 6.71. The van der Waals surface area contributed by atoms with Gasteiger partial charge in [0.1, 0.15) is 4.33 Å². The van der Waals surface area contributed by atoms with Gasteiger partial charge < -0.3 is 9.47 Å². The van der Waals surface area contributed by atoms with Crippen LogP contribution in [0.3, 0.4) is 0 Å². The van der Waals surface area contributed by atoms with Crippen molar-refractivity contribution in [2.75, 3.05) is 0 Å². The minimum absolute atomic E-state index is 0.303. The molecule has 2 heterocycles. The van der Waals surface area contributed by atoms with Crippen LogP contribution in [0.15, 0.2) is 0 Å². The fourth-order valence-corrected chi connectivity index (χ4v) is 2.79. The van der Waals surface area contributed by atoms with Crippen LogP contribution in [-0.4, -0.2) is 16.5 Å². The molecule has 3 fully saturated rings. The second kappa shape index (κ2) is 5.43. The van der Waals surface area contributed by atoms with E-state index in [1.54, 1.807) is 0 Å². The van der Waals surface area contributed by atoms with Gasteiger partial charge in [-0.25, -0.2) is 0 Å². The number of hydrogen-bond acceptors (Lipinski definition) is 2. The largest absolute Gasteiger partial charge is 0.342 e. The summed E-state index contributed by atoms with van der Waals surface area (Å²) in [6.07, 6.45) is 7.40. The number of halogens is 2. The van der Waals surface area contributed by atoms with Crippen molar-refractivity contribution in [3.8, 4) is 0 Å². The maximum absolute atomic E-state index is 6.18. The Bertz CT molecular complexity index is 211. The molecule has 1 aliphatic carbocycles. The minimum atomic E-state index is -0.805. The van der Waals surface area contributed by atoms with Gasteiger partial charge in [-0.1, -0.05) is 13.3 Å². The van der Waals surface area contributed by atoms with Gasteiger partial charge in [0.15, 0.2) is 0 Å². The van der Waals surface area contributed by atoms with E-state index in [9.17, 15) is 0 Å². The van der Waals surface area contributed by atoms with E-state index in [1.807, 2.05) is 0 Å². The van der Waals surface area contributed by atoms with E-state index in [2.05, 4.69) is 6.92 Å². The lowest BCUT2D eigenvalue weighted by Crippen LogP contribution is -2.22. The van der Waals surface area contributed by atoms with Crippen molar-refractivity contribution >= 4 is 23.2 Å². The molecule has 2 nitrogen and oxygen atoms in total. The first-order chi connectivity index (χ1) is 7.59. The van der Waals surface area contributed by atoms with Gasteiger partial charge in [0.25, 0.3) is 0 Å². The van der Waals surface area contributed by atoms with Gasteiger partial charge in [-0.2, -0.15) is 0 Å². The number of hydrogen-bond donors (Lipinski definition) is 0. The molecule has 0 aromatic heterocycles. The molecule has 1 saturated carbocycles. The van der Waals surface area contributed by atoms with Gasteiger partial charge >= 0.3 is 0 Å². The molecule has 2 bridgehead atoms. The van der Waals surface area contributed by atoms with Crippen molar-refractivity contribution in [2.24, 2.45) is 0 Å². The van der Waals surface area contributed by atoms with E-state index in [-0.39, 0.29) is 0 Å². The number of fused-ring (bicyclic) bond motifs is 4. The normalized spacial score (nSPS) is 31.7. The molecule has 4 heteroatoms. The first-order valence-electron chi connectivity index (χ1n) is 5.95. The zero-order valence-electron chi connectivity index (χ0n) is 9.38. The lowest BCUT2D eigenvalue weighted by atomic mass is 9.95. The van der Waals surface area contributed by atoms with Crippen molar-refractivity contribution in [2.45, 2.75) is 61.5 Å². The molecule has 0 aromatic carbocycles. The third-order valence-corrected chi connectivity index (χ3v) is 3.81. The summed E-state index contributed by atoms with van der Waals surface area (Å²) in [5.41, 5.74) is 0. The summed E-state index contributed by atoms with van der Waals surface area (Å²) in [4.78, 5) is 0. The molecule has 0 aromatic rings. The SMILES string of the molecule is [CH2]CCC(Cl)(Cl)C[C]1OC2CCC(CC2)O1. The molecule has 3 aliphatic rings. The predicted octanol–water partition coefficient (Wildman–Crippen LogP) is 4.01. The third-order valence-electron chi connectivity index (χ3n) is 3.16. The monoisotopic (exact) mass is 264 g/mol. The van der Waals surface area contributed by atoms with E-state index < -0.39 is 4.33 Å². The fourth-order valence-electron chi connectivity index (χ4n) is 2.31. The van der Waals surface area contributed by atoms with Crippen molar-refractivity contribution in [1.82, 2.24) is 0 Å². The Hall–Kier alpha value is 0.500. The maximum atomic E-state index is 6.18. The second-order valence-electron chi connectivity index (χ2n) is 4.64. The topological polar surface area (TPSA) is 18.5 Å². The Morgan fingerprint density at radius 1 is 1.12 bits per heavy atom. The summed E-state index contributed by atoms with van der Waals surface area (Å²) in [6, 6.07) is 0. The summed E-state index contributed by atoms with van der Waals surface area (Å²) in [5, 5.41) is 0. The van der Waals surface area contributed by atoms with Crippen molar-refractivity contribution in [3.05, 3.63) is 13.2 Å². The van der Waals surface area contributed by atoms with Crippen molar-refractivity contribution in [3.63, 3.8) is 0 Å². The Labute approximate surface area is 108 Å². The molecule has 2 radical (unpaired) electrons. The second-order valence-corrected chi connectivity index (χ2v) is 6.28. The Balaban J connectivity index is 1.90. The van der Waals surface area contributed by atoms with Crippen LogP contribution in [0, 0.1) is 13.2 Å². The zero-order chi connectivity index (χ0) is 11.6. The lowest BCUT2D eigenvalue weighted by Gasteiger charge is -2.24. The zero-order valence-corrected chi connectivity index (χ0v) is 10.9. The average Bonchev–Trinajstić information content (AvgIpc) is 2.47. The average molecular weight is 265 g/mol. The Kier molecular flexibility index (Phi) is 4.39. The van der Waals surface area contributed by atoms with Gasteiger partial charge in [-0.3, -0.25) is 0 Å². The van der Waals surface area contributed by atoms with Crippen LogP contribution < -0.4 is 0 Å². The molecule has 0 atom stereocenters. The molecule has 0 N–H and O–H groups in total. The van der Waals surface area contributed by atoms with Crippen LogP contribution in [0.4, 0.5) is 0 Å². The van der Waals surface area contributed by atoms with Gasteiger partial charge in [-0.15, -0.1) is 23.2 Å². The van der Waals surface area contributed by atoms with Crippen molar-refractivity contribution in [1.29, 1.82) is 0 Å². The highest BCUT2D eigenvalue weighted by Crippen LogP contribution is 2.41. The molecule has 0 spiro atoms. The van der Waals surface area contributed by atoms with E-state index in [4.69, 9.17) is 32.7 Å². The van der Waals surface area contributed by atoms with Crippen LogP contribution in [-0.2, 0) is 9.47 Å². The van der Waals surface area contributed by atoms with Crippen LogP contribution in [0.1, 0.15) is 44.9 Å². The number of alkyl halides is 2. The van der Waals surface area contributed by atoms with E-state index in [0.29, 0.717) is 37.8 Å². The number of ether oxygens (including phenoxy) is 2. The van der Waals surface area contributed by atoms with Crippen LogP contribution in [0.25, 0.3) is 0 Å². The highest BCUT2D eigenvalue weighted by atomic mass is 35.5. The quantitative estimate of drug-likeness (QED) is 0.715. The van der Waals surface area contributed by atoms with Crippen LogP contribution in [0.5, 0.6) is 0 Å². The van der Waals surface area contributed by atoms with Gasteiger partial charge in [0.05, 0.1) is 12.2 Å². The summed E-state index contributed by atoms with van der Waals surface area (Å²) < 4.78 is 10.8. The lowest BCUT2D eigenvalue weighted by molar-refractivity contribution is -0.0673. The molecular weight excluding hydrogens is 247 g/mol. The van der Waals surface area contributed by atoms with E-state index in [1.165, 1.54) is 0 Å². The molecule has 0 unspecified atom stereocenters. The molecule has 92 valence electrons. The molecule has 0 amide bonds. The third kappa shape index (κ3) is 3.49. The summed E-state index contributed by atoms with van der Waals surface area (Å²) in [6.45, 7) is 3.76. The molecule has 2 aliphatic heterocycles. The van der Waals surface area contributed by atoms with E-state index >= 15 is 0 Å². The number of rotatable bonds is 4. The van der Waals surface area contributed by atoms with Gasteiger partial charge in [0.2, 0.25) is 6.29 Å². The van der Waals surface area contributed by atoms with Crippen LogP contribution >= 0.6 is 23.2 Å². The summed E-state index contributed by atoms with van der Waals surface area (Å²) in [5.74, 6) is 0. The smallest absolute Gasteiger partial charge is 0.227 e. The van der Waals surface area contributed by atoms with Crippen LogP contribution in [0.2, 0.25) is 0 Å². The fraction of sp³-hybridized carbons (Fsp3) is 0.833. The minimum Gasteiger partial charge on any atom is -0.342 e. The summed E-state index contributed by atoms with van der Waals surface area (Å²) in [7, 11) is 0.